The van der Waals surface area contributed by atoms with Crippen LogP contribution in [-0.4, -0.2) is 6.88 Å². The van der Waals surface area contributed by atoms with Gasteiger partial charge in [0.1, 0.15) is 0 Å². The number of hydrogen-bond acceptors (Lipinski definition) is 0. The summed E-state index contributed by atoms with van der Waals surface area (Å²) in [7, 11) is 0. The van der Waals surface area contributed by atoms with E-state index in [4.69, 9.17) is 0 Å². The van der Waals surface area contributed by atoms with Gasteiger partial charge in [-0.1, -0.05) is 0 Å². The van der Waals surface area contributed by atoms with E-state index in [1.165, 1.54) is 44.5 Å². The number of hydrogen-bond donors (Lipinski definition) is 0. The molecule has 4 aromatic carbocycles. The molecule has 6 rings (SSSR count). The third-order valence-electron chi connectivity index (χ3n) is 10.3. The van der Waals surface area contributed by atoms with Crippen LogP contribution in [0.3, 0.4) is 0 Å². The standard InChI is InChI=1S/C20H21.C18H17.2CH3.2ClH.H2Si.Zr/c1-13(2)16-6-8-17(9-7-16)18-10-5-15(4)19-11-14(3)12-20(18)19;1-13(2)16-11-15-9-6-10-17(18(15)12-16)14-7-4-3-5-8-14;;;;;;/h5-13H,1-4H3;3-13H,1-2H3;2*1H3;2*1H;1H2;. The number of halogens is 2. The van der Waals surface area contributed by atoms with Gasteiger partial charge < -0.3 is 0 Å². The molecule has 4 heteroatoms. The minimum Gasteiger partial charge on any atom is -0.147 e. The van der Waals surface area contributed by atoms with Crippen molar-refractivity contribution >= 4 is 43.8 Å². The molecule has 0 saturated carbocycles. The van der Waals surface area contributed by atoms with Gasteiger partial charge in [0.15, 0.2) is 0 Å². The van der Waals surface area contributed by atoms with Crippen LogP contribution in [0.25, 0.3) is 34.4 Å². The molecule has 44 heavy (non-hydrogen) atoms. The molecule has 2 aliphatic carbocycles. The molecule has 0 aromatic heterocycles. The molecule has 0 nitrogen and oxygen atoms in total. The van der Waals surface area contributed by atoms with Crippen LogP contribution in [0.4, 0.5) is 0 Å². The van der Waals surface area contributed by atoms with Gasteiger partial charge in [0.05, 0.1) is 0 Å². The minimum atomic E-state index is -3.65. The van der Waals surface area contributed by atoms with E-state index in [2.05, 4.69) is 155 Å². The van der Waals surface area contributed by atoms with Gasteiger partial charge in [0, 0.05) is 0 Å². The summed E-state index contributed by atoms with van der Waals surface area (Å²) in [6, 6.07) is 32.2. The molecule has 2 aliphatic rings. The maximum absolute atomic E-state index is 3.65. The Morgan fingerprint density at radius 3 is 1.84 bits per heavy atom. The van der Waals surface area contributed by atoms with E-state index in [9.17, 15) is 0 Å². The van der Waals surface area contributed by atoms with Crippen molar-refractivity contribution in [2.75, 3.05) is 0 Å². The molecule has 0 amide bonds. The minimum absolute atomic E-state index is 0. The Balaban J connectivity index is 0.00000221. The fourth-order valence-electron chi connectivity index (χ4n) is 8.36. The van der Waals surface area contributed by atoms with Gasteiger partial charge in [0.2, 0.25) is 0 Å². The molecule has 0 bridgehead atoms. The van der Waals surface area contributed by atoms with Gasteiger partial charge in [-0.05, 0) is 0 Å². The van der Waals surface area contributed by atoms with Crippen molar-refractivity contribution in [3.8, 4) is 22.3 Å². The second-order valence-corrected chi connectivity index (χ2v) is 45.2. The average Bonchev–Trinajstić information content (AvgIpc) is 3.54. The zero-order chi connectivity index (χ0) is 30.0. The van der Waals surface area contributed by atoms with E-state index in [0.717, 1.165) is 0 Å². The van der Waals surface area contributed by atoms with E-state index in [0.29, 0.717) is 19.1 Å². The normalized spacial score (nSPS) is 17.4. The maximum Gasteiger partial charge on any atom is -0.147 e. The first kappa shape index (κ1) is 34.9. The molecule has 230 valence electrons. The smallest absolute Gasteiger partial charge is 0.147 e. The Morgan fingerprint density at radius 2 is 1.23 bits per heavy atom. The molecule has 0 fully saturated rings. The molecule has 0 spiro atoms. The summed E-state index contributed by atoms with van der Waals surface area (Å²) in [5.41, 5.74) is 17.6. The summed E-state index contributed by atoms with van der Waals surface area (Å²) in [4.78, 5) is 0. The molecule has 0 radical (unpaired) electrons. The van der Waals surface area contributed by atoms with Crippen LogP contribution >= 0.6 is 24.8 Å². The Labute approximate surface area is 280 Å². The van der Waals surface area contributed by atoms with Crippen molar-refractivity contribution in [1.29, 1.82) is 0 Å². The zero-order valence-electron chi connectivity index (χ0n) is 27.6. The quantitative estimate of drug-likeness (QED) is 0.174. The molecule has 0 aliphatic heterocycles. The van der Waals surface area contributed by atoms with Gasteiger partial charge in [-0.25, -0.2) is 0 Å². The molecule has 2 unspecified atom stereocenters. The predicted molar refractivity (Wildman–Crippen MR) is 199 cm³/mol. The van der Waals surface area contributed by atoms with Crippen molar-refractivity contribution in [3.05, 3.63) is 129 Å². The molecular weight excluding hydrogens is 671 g/mol. The first-order valence-corrected chi connectivity index (χ1v) is 29.4. The fraction of sp³-hybridized carbons (Fsp3) is 0.300. The molecule has 4 aromatic rings. The van der Waals surface area contributed by atoms with Crippen LogP contribution in [0.5, 0.6) is 0 Å². The van der Waals surface area contributed by atoms with E-state index in [1.807, 2.05) is 0 Å². The molecule has 2 atom stereocenters. The third kappa shape index (κ3) is 5.75. The van der Waals surface area contributed by atoms with Gasteiger partial charge in [-0.15, -0.1) is 24.8 Å². The van der Waals surface area contributed by atoms with E-state index >= 15 is 0 Å². The third-order valence-corrected chi connectivity index (χ3v) is 27.8. The summed E-state index contributed by atoms with van der Waals surface area (Å²) in [5, 5.41) is 0. The van der Waals surface area contributed by atoms with Crippen molar-refractivity contribution < 1.29 is 17.4 Å². The molecule has 0 heterocycles. The van der Waals surface area contributed by atoms with Gasteiger partial charge >= 0.3 is 258 Å². The molecule has 0 saturated heterocycles. The number of rotatable bonds is 6. The largest absolute Gasteiger partial charge is 0.147 e. The number of aryl methyl sites for hydroxylation is 1. The van der Waals surface area contributed by atoms with Crippen molar-refractivity contribution in [3.63, 3.8) is 0 Å². The van der Waals surface area contributed by atoms with Gasteiger partial charge in [-0.2, -0.15) is 0 Å². The van der Waals surface area contributed by atoms with Crippen molar-refractivity contribution in [2.24, 2.45) is 5.92 Å². The first-order chi connectivity index (χ1) is 19.9. The maximum atomic E-state index is 2.77. The monoisotopic (exact) mass is 716 g/mol. The van der Waals surface area contributed by atoms with Crippen LogP contribution in [0.2, 0.25) is 9.26 Å². The van der Waals surface area contributed by atoms with Crippen LogP contribution in [0, 0.1) is 12.8 Å². The van der Waals surface area contributed by atoms with Crippen LogP contribution in [-0.2, 0) is 17.4 Å². The van der Waals surface area contributed by atoms with E-state index in [1.54, 1.807) is 22.3 Å². The summed E-state index contributed by atoms with van der Waals surface area (Å²) in [6.07, 6.45) is 5.15. The van der Waals surface area contributed by atoms with Crippen LogP contribution < -0.4 is 0 Å². The van der Waals surface area contributed by atoms with Gasteiger partial charge in [0.25, 0.3) is 0 Å². The van der Waals surface area contributed by atoms with Gasteiger partial charge in [-0.3, -0.25) is 0 Å². The average molecular weight is 719 g/mol. The van der Waals surface area contributed by atoms with Crippen molar-refractivity contribution in [1.82, 2.24) is 0 Å². The molecule has 0 N–H and O–H groups in total. The number of allylic oxidation sites excluding steroid dienone is 2. The number of fused-ring (bicyclic) bond motifs is 2. The number of benzene rings is 4. The first-order valence-electron chi connectivity index (χ1n) is 15.8. The second kappa shape index (κ2) is 12.7. The SMILES string of the molecule is CC1=Cc2c(-c3ccc(C(C)C)cc3)ccc(C)c2[CH]1[Zr]([CH3])([CH3])(=[SiH2])[CH]1C(C(C)C)=Cc2c(-c3ccccc3)cccc21.Cl.Cl. The van der Waals surface area contributed by atoms with Crippen LogP contribution in [0.1, 0.15) is 81.2 Å². The zero-order valence-corrected chi connectivity index (χ0v) is 33.1. The second-order valence-electron chi connectivity index (χ2n) is 14.7. The van der Waals surface area contributed by atoms with Crippen LogP contribution in [0.15, 0.2) is 96.1 Å². The Morgan fingerprint density at radius 1 is 0.614 bits per heavy atom. The summed E-state index contributed by atoms with van der Waals surface area (Å²) in [6.45, 7) is 16.6. The summed E-state index contributed by atoms with van der Waals surface area (Å²) < 4.78 is 6.58. The van der Waals surface area contributed by atoms with E-state index in [-0.39, 0.29) is 24.8 Å². The van der Waals surface area contributed by atoms with Crippen molar-refractivity contribution in [2.45, 2.75) is 64.0 Å². The Bertz CT molecular complexity index is 1820. The van der Waals surface area contributed by atoms with E-state index < -0.39 is 17.4 Å². The summed E-state index contributed by atoms with van der Waals surface area (Å²) >= 11 is -3.65. The Kier molecular flexibility index (Phi) is 10.1. The topological polar surface area (TPSA) is 0 Å². The Hall–Kier alpha value is -1.96. The molecular formula is C40H48Cl2SiZr. The summed E-state index contributed by atoms with van der Waals surface area (Å²) in [5.74, 6) is 1.06. The fourth-order valence-corrected chi connectivity index (χ4v) is 29.0. The predicted octanol–water partition coefficient (Wildman–Crippen LogP) is 11.9.